The van der Waals surface area contributed by atoms with Crippen LogP contribution in [0.5, 0.6) is 5.75 Å². The molecule has 3 unspecified atom stereocenters. The fourth-order valence-corrected chi connectivity index (χ4v) is 9.97. The van der Waals surface area contributed by atoms with Gasteiger partial charge in [0.25, 0.3) is 0 Å². The molecular formula is C49H57N5O2. The molecule has 4 aromatic carbocycles. The van der Waals surface area contributed by atoms with Crippen molar-refractivity contribution in [2.45, 2.75) is 56.4 Å². The molecule has 8 rings (SSSR count). The average molecular weight is 748 g/mol. The Balaban J connectivity index is 0.870. The van der Waals surface area contributed by atoms with Crippen molar-refractivity contribution < 1.29 is 9.90 Å². The second kappa shape index (κ2) is 16.4. The molecule has 1 aromatic heterocycles. The number of piperazine rings is 1. The Morgan fingerprint density at radius 1 is 0.804 bits per heavy atom. The number of hydrogen-bond donors (Lipinski definition) is 2. The Bertz CT molecular complexity index is 2270. The molecule has 2 N–H and O–H groups in total. The van der Waals surface area contributed by atoms with E-state index in [0.717, 1.165) is 91.5 Å². The largest absolute Gasteiger partial charge is 0.508 e. The van der Waals surface area contributed by atoms with Crippen LogP contribution in [0.25, 0.3) is 23.9 Å². The van der Waals surface area contributed by atoms with Gasteiger partial charge in [0.15, 0.2) is 0 Å². The maximum atomic E-state index is 11.2. The number of allylic oxidation sites excluding steroid dienone is 1. The lowest BCUT2D eigenvalue weighted by Gasteiger charge is -2.40. The van der Waals surface area contributed by atoms with E-state index in [9.17, 15) is 9.90 Å². The van der Waals surface area contributed by atoms with Crippen LogP contribution in [0.4, 0.5) is 11.4 Å². The van der Waals surface area contributed by atoms with E-state index in [4.69, 9.17) is 0 Å². The molecule has 56 heavy (non-hydrogen) atoms. The fraction of sp³-hybridized carbons (Fsp3) is 0.367. The van der Waals surface area contributed by atoms with E-state index in [2.05, 4.69) is 123 Å². The summed E-state index contributed by atoms with van der Waals surface area (Å²) in [6, 6.07) is 33.0. The molecular weight excluding hydrogens is 691 g/mol. The van der Waals surface area contributed by atoms with Crippen LogP contribution in [0.3, 0.4) is 0 Å². The van der Waals surface area contributed by atoms with Crippen molar-refractivity contribution in [1.82, 2.24) is 14.8 Å². The minimum Gasteiger partial charge on any atom is -0.508 e. The van der Waals surface area contributed by atoms with Gasteiger partial charge in [0.2, 0.25) is 0 Å². The van der Waals surface area contributed by atoms with Gasteiger partial charge in [-0.25, -0.2) is 0 Å². The topological polar surface area (TPSA) is 64.0 Å². The summed E-state index contributed by atoms with van der Waals surface area (Å²) in [5.74, 6) is 1.77. The summed E-state index contributed by atoms with van der Waals surface area (Å²) in [4.78, 5) is 19.0. The molecule has 0 radical (unpaired) electrons. The van der Waals surface area contributed by atoms with Gasteiger partial charge < -0.3 is 29.6 Å². The summed E-state index contributed by atoms with van der Waals surface area (Å²) in [5.41, 5.74) is 8.80. The summed E-state index contributed by atoms with van der Waals surface area (Å²) < 4.78 is 2.15. The van der Waals surface area contributed by atoms with Crippen LogP contribution in [0.1, 0.15) is 72.2 Å². The van der Waals surface area contributed by atoms with Crippen molar-refractivity contribution in [1.29, 1.82) is 0 Å². The van der Waals surface area contributed by atoms with E-state index < -0.39 is 0 Å². The van der Waals surface area contributed by atoms with E-state index in [1.54, 1.807) is 0 Å². The zero-order valence-corrected chi connectivity index (χ0v) is 33.0. The molecule has 0 saturated carbocycles. The molecule has 3 atom stereocenters. The maximum absolute atomic E-state index is 11.2. The fourth-order valence-electron chi connectivity index (χ4n) is 9.97. The summed E-state index contributed by atoms with van der Waals surface area (Å²) >= 11 is 0. The standard InChI is InChI=1S/C49H57N5O2/c1-34(50-4)48(11-8-30-55)54-35(2)44-20-17-42(32-47(44)36(54)3)53-28-26-51(27-29-53)33-37-22-24-52(25-23-37)41-15-12-39(13-16-41)49-45(38-9-6-5-7-10-38)19-14-40-31-43(56)18-21-46(40)49/h5-7,9-10,12-13,15-18,20-21,30-32,37,45,48-50,56H,1-3,8,11,14,19,22-29,33H2,4H3. The minimum atomic E-state index is -0.0761. The highest BCUT2D eigenvalue weighted by molar-refractivity contribution is 5.87. The van der Waals surface area contributed by atoms with E-state index >= 15 is 0 Å². The number of nitrogens with one attached hydrogen (secondary N) is 1. The van der Waals surface area contributed by atoms with Crippen molar-refractivity contribution in [2.75, 3.05) is 62.7 Å². The first-order valence-electron chi connectivity index (χ1n) is 20.6. The SMILES string of the molecule is C=C(NC)C(CCC=O)n1c(=C)c2ccc(N3CCN(CC4CCN(c5ccc(C6c7ccc(O)cc7CCC6c6ccccc6)cc5)CC4)CC3)cc2c1=C. The smallest absolute Gasteiger partial charge is 0.120 e. The Kier molecular flexibility index (Phi) is 11.1. The predicted molar refractivity (Wildman–Crippen MR) is 232 cm³/mol. The number of piperidine rings is 1. The Morgan fingerprint density at radius 3 is 2.21 bits per heavy atom. The first kappa shape index (κ1) is 37.6. The van der Waals surface area contributed by atoms with Crippen molar-refractivity contribution in [2.24, 2.45) is 5.92 Å². The van der Waals surface area contributed by atoms with Gasteiger partial charge in [0, 0.05) is 104 Å². The number of nitrogens with zero attached hydrogens (tertiary/aromatic N) is 4. The van der Waals surface area contributed by atoms with E-state index in [1.165, 1.54) is 53.0 Å². The molecule has 7 nitrogen and oxygen atoms in total. The second-order valence-corrected chi connectivity index (χ2v) is 16.3. The normalized spacial score (nSPS) is 19.8. The molecule has 3 heterocycles. The summed E-state index contributed by atoms with van der Waals surface area (Å²) in [7, 11) is 1.87. The molecule has 0 amide bonds. The highest BCUT2D eigenvalue weighted by Crippen LogP contribution is 2.47. The van der Waals surface area contributed by atoms with E-state index in [-0.39, 0.29) is 12.0 Å². The lowest BCUT2D eigenvalue weighted by atomic mass is 9.69. The Morgan fingerprint density at radius 2 is 1.50 bits per heavy atom. The van der Waals surface area contributed by atoms with Gasteiger partial charge in [0.05, 0.1) is 6.04 Å². The van der Waals surface area contributed by atoms with Crippen LogP contribution in [-0.4, -0.2) is 73.7 Å². The third-order valence-electron chi connectivity index (χ3n) is 13.1. The van der Waals surface area contributed by atoms with E-state index in [0.29, 0.717) is 24.5 Å². The van der Waals surface area contributed by atoms with Crippen molar-refractivity contribution in [3.8, 4) is 5.75 Å². The number of anilines is 2. The van der Waals surface area contributed by atoms with Crippen LogP contribution in [-0.2, 0) is 11.2 Å². The zero-order chi connectivity index (χ0) is 38.8. The lowest BCUT2D eigenvalue weighted by molar-refractivity contribution is -0.108. The van der Waals surface area contributed by atoms with Gasteiger partial charge in [-0.2, -0.15) is 0 Å². The number of benzene rings is 4. The van der Waals surface area contributed by atoms with Crippen LogP contribution in [0.15, 0.2) is 103 Å². The molecule has 2 fully saturated rings. The maximum Gasteiger partial charge on any atom is 0.120 e. The molecule has 5 aromatic rings. The number of carbonyl (C=O) groups is 1. The third kappa shape index (κ3) is 7.49. The number of likely N-dealkylation sites (N-methyl/N-ethyl adjacent to an activating group) is 1. The minimum absolute atomic E-state index is 0.0761. The van der Waals surface area contributed by atoms with Gasteiger partial charge in [-0.3, -0.25) is 4.90 Å². The molecule has 0 spiro atoms. The lowest BCUT2D eigenvalue weighted by Crippen LogP contribution is -2.49. The number of hydrogen-bond acceptors (Lipinski definition) is 6. The van der Waals surface area contributed by atoms with Crippen LogP contribution in [0.2, 0.25) is 0 Å². The predicted octanol–water partition coefficient (Wildman–Crippen LogP) is 7.32. The Hall–Kier alpha value is -5.27. The molecule has 0 bridgehead atoms. The zero-order valence-electron chi connectivity index (χ0n) is 33.0. The van der Waals surface area contributed by atoms with Gasteiger partial charge in [0.1, 0.15) is 12.0 Å². The van der Waals surface area contributed by atoms with Crippen LogP contribution in [0, 0.1) is 5.92 Å². The molecule has 7 heteroatoms. The molecule has 2 aliphatic heterocycles. The average Bonchev–Trinajstić information content (AvgIpc) is 3.49. The molecule has 290 valence electrons. The van der Waals surface area contributed by atoms with Crippen molar-refractivity contribution in [3.05, 3.63) is 136 Å². The highest BCUT2D eigenvalue weighted by Gasteiger charge is 2.32. The van der Waals surface area contributed by atoms with Crippen molar-refractivity contribution >= 4 is 41.6 Å². The summed E-state index contributed by atoms with van der Waals surface area (Å²) in [6.45, 7) is 20.7. The molecule has 1 aliphatic carbocycles. The number of phenols is 1. The number of aryl methyl sites for hydroxylation is 1. The first-order chi connectivity index (χ1) is 27.3. The van der Waals surface area contributed by atoms with Gasteiger partial charge >= 0.3 is 0 Å². The number of aromatic hydroxyl groups is 1. The molecule has 2 saturated heterocycles. The number of carbonyl (C=O) groups excluding carboxylic acids is 1. The number of rotatable bonds is 12. The summed E-state index contributed by atoms with van der Waals surface area (Å²) in [5, 5.41) is 17.5. The number of phenolic OH excluding ortho intramolecular Hbond substituents is 1. The molecule has 3 aliphatic rings. The van der Waals surface area contributed by atoms with Crippen LogP contribution >= 0.6 is 0 Å². The van der Waals surface area contributed by atoms with Gasteiger partial charge in [-0.05, 0) is 103 Å². The number of aldehydes is 1. The quantitative estimate of drug-likeness (QED) is 0.131. The number of fused-ring (bicyclic) bond motifs is 2. The van der Waals surface area contributed by atoms with Gasteiger partial charge in [-0.15, -0.1) is 0 Å². The summed E-state index contributed by atoms with van der Waals surface area (Å²) in [6.07, 6.45) is 6.60. The van der Waals surface area contributed by atoms with Gasteiger partial charge in [-0.1, -0.05) is 74.3 Å². The van der Waals surface area contributed by atoms with E-state index in [1.807, 2.05) is 19.2 Å². The first-order valence-corrected chi connectivity index (χ1v) is 20.6. The number of aromatic nitrogens is 1. The second-order valence-electron chi connectivity index (χ2n) is 16.3. The Labute approximate surface area is 332 Å². The van der Waals surface area contributed by atoms with Crippen molar-refractivity contribution in [3.63, 3.8) is 0 Å². The van der Waals surface area contributed by atoms with Crippen LogP contribution < -0.4 is 25.8 Å². The monoisotopic (exact) mass is 747 g/mol. The third-order valence-corrected chi connectivity index (χ3v) is 13.1. The highest BCUT2D eigenvalue weighted by atomic mass is 16.3.